The van der Waals surface area contributed by atoms with Crippen molar-refractivity contribution in [3.63, 3.8) is 0 Å². The van der Waals surface area contributed by atoms with E-state index in [1.807, 2.05) is 32.9 Å². The van der Waals surface area contributed by atoms with E-state index in [1.165, 1.54) is 11.6 Å². The smallest absolute Gasteiger partial charge is 0.286 e. The molecule has 3 N–H and O–H groups in total. The van der Waals surface area contributed by atoms with E-state index in [2.05, 4.69) is 78.9 Å². The van der Waals surface area contributed by atoms with Crippen LogP contribution in [-0.4, -0.2) is 25.0 Å². The number of pyridine rings is 1. The van der Waals surface area contributed by atoms with E-state index in [9.17, 15) is 18.0 Å². The molecular weight excluding hydrogens is 721 g/mol. The van der Waals surface area contributed by atoms with Gasteiger partial charge in [0, 0.05) is 28.3 Å². The largest absolute Gasteiger partial charge is 0.455 e. The van der Waals surface area contributed by atoms with Gasteiger partial charge in [-0.15, -0.1) is 4.40 Å². The van der Waals surface area contributed by atoms with Gasteiger partial charge in [0.1, 0.15) is 10.6 Å². The normalized spacial score (nSPS) is 14.4. The van der Waals surface area contributed by atoms with Crippen LogP contribution in [0.4, 0.5) is 17.1 Å². The maximum absolute atomic E-state index is 14.8. The Labute approximate surface area is 326 Å². The molecular formula is C46H44N4O5S. The summed E-state index contributed by atoms with van der Waals surface area (Å²) >= 11 is 0. The molecule has 56 heavy (non-hydrogen) atoms. The number of hydrogen-bond donors (Lipinski definition) is 3. The lowest BCUT2D eigenvalue weighted by molar-refractivity contribution is 0.104. The Hall–Kier alpha value is -6.00. The lowest BCUT2D eigenvalue weighted by Gasteiger charge is -2.33. The number of benzene rings is 5. The van der Waals surface area contributed by atoms with Crippen LogP contribution in [0.25, 0.3) is 22.0 Å². The summed E-state index contributed by atoms with van der Waals surface area (Å²) in [5, 5.41) is 7.11. The predicted octanol–water partition coefficient (Wildman–Crippen LogP) is 10.5. The molecule has 0 atom stereocenters. The number of carbonyl (C=O) groups is 1. The Morgan fingerprint density at radius 2 is 1.41 bits per heavy atom. The first-order valence-corrected chi connectivity index (χ1v) is 20.1. The quantitative estimate of drug-likeness (QED) is 0.147. The molecule has 9 nitrogen and oxygen atoms in total. The molecule has 0 bridgehead atoms. The second-order valence-electron chi connectivity index (χ2n) is 16.8. The molecule has 0 saturated heterocycles. The van der Waals surface area contributed by atoms with Crippen LogP contribution in [0.2, 0.25) is 0 Å². The van der Waals surface area contributed by atoms with Gasteiger partial charge in [-0.3, -0.25) is 9.59 Å². The highest BCUT2D eigenvalue weighted by Gasteiger charge is 2.36. The van der Waals surface area contributed by atoms with E-state index in [-0.39, 0.29) is 32.9 Å². The number of nitrogens with one attached hydrogen (secondary N) is 3. The standard InChI is InChI=1S/C46H44N4O5S/c1-25-21-26(2)40(27(3)22-25)47-33-23-34(55-29-19-17-28(18-20-29)46(7,8)24-45(4,5)6)41-38-36(30-13-9-10-14-31(30)42(51)37(33)38)39(44(52)49-41)43-48-32-15-11-12-16-35(32)56(53,54)50-43/h9-23,47H,24H2,1-8H3,(H,48,50)(H,49,52). The average Bonchev–Trinajstić information content (AvgIpc) is 3.11. The monoisotopic (exact) mass is 764 g/mol. The number of aryl methyl sites for hydroxylation is 3. The molecule has 1 aliphatic carbocycles. The minimum Gasteiger partial charge on any atom is -0.455 e. The van der Waals surface area contributed by atoms with Gasteiger partial charge < -0.3 is 20.4 Å². The molecule has 8 rings (SSSR count). The number of fused-ring (bicyclic) bond motifs is 3. The van der Waals surface area contributed by atoms with Crippen LogP contribution < -0.4 is 20.9 Å². The number of carbonyl (C=O) groups excluding carboxylic acids is 1. The number of nitrogens with zero attached hydrogens (tertiary/aromatic N) is 1. The number of aromatic nitrogens is 1. The van der Waals surface area contributed by atoms with E-state index in [4.69, 9.17) is 4.74 Å². The Morgan fingerprint density at radius 1 is 0.768 bits per heavy atom. The lowest BCUT2D eigenvalue weighted by atomic mass is 9.72. The van der Waals surface area contributed by atoms with Crippen molar-refractivity contribution in [3.05, 3.63) is 140 Å². The van der Waals surface area contributed by atoms with Gasteiger partial charge in [0.15, 0.2) is 17.4 Å². The number of hydrogen-bond acceptors (Lipinski definition) is 7. The number of amidine groups is 1. The van der Waals surface area contributed by atoms with Crippen LogP contribution in [0.1, 0.15) is 84.8 Å². The van der Waals surface area contributed by atoms with Crippen molar-refractivity contribution < 1.29 is 17.9 Å². The minimum atomic E-state index is -4.18. The van der Waals surface area contributed by atoms with Gasteiger partial charge in [0.05, 0.1) is 28.0 Å². The third-order valence-corrected chi connectivity index (χ3v) is 11.9. The van der Waals surface area contributed by atoms with Gasteiger partial charge >= 0.3 is 0 Å². The van der Waals surface area contributed by atoms with E-state index in [0.29, 0.717) is 56.0 Å². The molecule has 2 heterocycles. The second kappa shape index (κ2) is 13.1. The summed E-state index contributed by atoms with van der Waals surface area (Å²) in [6.45, 7) is 17.2. The molecule has 10 heteroatoms. The predicted molar refractivity (Wildman–Crippen MR) is 225 cm³/mol. The highest BCUT2D eigenvalue weighted by Crippen LogP contribution is 2.48. The molecule has 6 aromatic rings. The first kappa shape index (κ1) is 36.9. The fourth-order valence-electron chi connectivity index (χ4n) is 8.65. The van der Waals surface area contributed by atoms with E-state index in [1.54, 1.807) is 48.5 Å². The molecule has 0 unspecified atom stereocenters. The van der Waals surface area contributed by atoms with Crippen molar-refractivity contribution in [2.75, 3.05) is 10.6 Å². The summed E-state index contributed by atoms with van der Waals surface area (Å²) in [4.78, 5) is 32.3. The number of para-hydroxylation sites is 1. The Morgan fingerprint density at radius 3 is 2.09 bits per heavy atom. The third-order valence-electron chi connectivity index (χ3n) is 10.6. The van der Waals surface area contributed by atoms with Crippen LogP contribution in [0.15, 0.2) is 105 Å². The van der Waals surface area contributed by atoms with Gasteiger partial charge in [-0.05, 0) is 84.5 Å². The Kier molecular flexibility index (Phi) is 8.61. The van der Waals surface area contributed by atoms with Crippen molar-refractivity contribution in [2.45, 2.75) is 72.1 Å². The van der Waals surface area contributed by atoms with Crippen LogP contribution >= 0.6 is 0 Å². The molecule has 0 radical (unpaired) electrons. The van der Waals surface area contributed by atoms with Crippen molar-refractivity contribution in [1.29, 1.82) is 0 Å². The lowest BCUT2D eigenvalue weighted by Crippen LogP contribution is -2.31. The fraction of sp³-hybridized carbons (Fsp3) is 0.239. The van der Waals surface area contributed by atoms with Crippen molar-refractivity contribution in [2.24, 2.45) is 9.81 Å². The summed E-state index contributed by atoms with van der Waals surface area (Å²) in [5.41, 5.74) is 7.13. The van der Waals surface area contributed by atoms with E-state index in [0.717, 1.165) is 28.8 Å². The van der Waals surface area contributed by atoms with Crippen molar-refractivity contribution in [3.8, 4) is 22.6 Å². The summed E-state index contributed by atoms with van der Waals surface area (Å²) in [6.07, 6.45) is 0.980. The van der Waals surface area contributed by atoms with Crippen LogP contribution in [-0.2, 0) is 15.4 Å². The van der Waals surface area contributed by atoms with Gasteiger partial charge in [-0.2, -0.15) is 8.42 Å². The number of H-pyrrole nitrogens is 1. The van der Waals surface area contributed by atoms with E-state index >= 15 is 0 Å². The summed E-state index contributed by atoms with van der Waals surface area (Å²) in [7, 11) is -4.18. The molecule has 2 aliphatic rings. The topological polar surface area (TPSA) is 130 Å². The highest BCUT2D eigenvalue weighted by atomic mass is 32.2. The maximum Gasteiger partial charge on any atom is 0.286 e. The zero-order valence-corrected chi connectivity index (χ0v) is 33.6. The summed E-state index contributed by atoms with van der Waals surface area (Å²) < 4.78 is 37.9. The second-order valence-corrected chi connectivity index (χ2v) is 18.4. The highest BCUT2D eigenvalue weighted by molar-refractivity contribution is 7.90. The molecule has 0 spiro atoms. The molecule has 0 saturated carbocycles. The first-order chi connectivity index (χ1) is 26.4. The number of anilines is 3. The molecule has 1 aromatic heterocycles. The first-order valence-electron chi connectivity index (χ1n) is 18.7. The van der Waals surface area contributed by atoms with E-state index < -0.39 is 15.6 Å². The molecule has 5 aromatic carbocycles. The number of rotatable bonds is 7. The van der Waals surface area contributed by atoms with Gasteiger partial charge in [-0.1, -0.05) is 101 Å². The SMILES string of the molecule is Cc1cc(C)c(Nc2cc(Oc3ccc(C(C)(C)CC(C)(C)C)cc3)c3[nH]c(=O)c(C4=NS(=O)(=O)c5ccccc5N4)c4c3c2C(=O)c2ccccc2-4)c(C)c1. The maximum atomic E-state index is 14.8. The van der Waals surface area contributed by atoms with Crippen molar-refractivity contribution >= 4 is 49.6 Å². The zero-order chi connectivity index (χ0) is 39.9. The summed E-state index contributed by atoms with van der Waals surface area (Å²) in [6, 6.07) is 27.4. The Balaban J connectivity index is 1.40. The number of ether oxygens (including phenoxy) is 1. The number of sulfonamides is 1. The fourth-order valence-corrected chi connectivity index (χ4v) is 9.78. The zero-order valence-electron chi connectivity index (χ0n) is 32.8. The van der Waals surface area contributed by atoms with Gasteiger partial charge in [0.2, 0.25) is 0 Å². The van der Waals surface area contributed by atoms with Crippen LogP contribution in [0.3, 0.4) is 0 Å². The Bertz CT molecular complexity index is 2820. The van der Waals surface area contributed by atoms with Crippen molar-refractivity contribution in [1.82, 2.24) is 4.98 Å². The average molecular weight is 765 g/mol. The molecule has 1 aliphatic heterocycles. The minimum absolute atomic E-state index is 0.00435. The van der Waals surface area contributed by atoms with Gasteiger partial charge in [0.25, 0.3) is 15.6 Å². The van der Waals surface area contributed by atoms with Gasteiger partial charge in [-0.25, -0.2) is 0 Å². The van der Waals surface area contributed by atoms with Crippen LogP contribution in [0.5, 0.6) is 11.5 Å². The third kappa shape index (κ3) is 6.37. The molecule has 284 valence electrons. The number of aromatic amines is 1. The molecule has 0 amide bonds. The van der Waals surface area contributed by atoms with Crippen LogP contribution in [0, 0.1) is 26.2 Å². The number of ketones is 1. The summed E-state index contributed by atoms with van der Waals surface area (Å²) in [5.74, 6) is 0.453. The molecule has 0 fully saturated rings.